The molecule has 6 rings (SSSR count). The van der Waals surface area contributed by atoms with E-state index in [4.69, 9.17) is 9.57 Å². The number of ketones is 1. The topological polar surface area (TPSA) is 65.0 Å². The fourth-order valence-corrected chi connectivity index (χ4v) is 8.47. The van der Waals surface area contributed by atoms with Gasteiger partial charge in [0.1, 0.15) is 18.5 Å². The van der Waals surface area contributed by atoms with Crippen molar-refractivity contribution in [1.82, 2.24) is 0 Å². The Bertz CT molecular complexity index is 933. The van der Waals surface area contributed by atoms with Gasteiger partial charge >= 0.3 is 5.97 Å². The van der Waals surface area contributed by atoms with Crippen molar-refractivity contribution in [1.29, 1.82) is 0 Å². The Morgan fingerprint density at radius 3 is 2.80 bits per heavy atom. The molecular weight excluding hydrogens is 378 g/mol. The molecule has 6 aliphatic rings. The van der Waals surface area contributed by atoms with Gasteiger partial charge in [0.15, 0.2) is 0 Å². The number of hydrogen-bond acceptors (Lipinski definition) is 5. The Morgan fingerprint density at radius 2 is 2.07 bits per heavy atom. The first-order valence-corrected chi connectivity index (χ1v) is 11.6. The third-order valence-corrected chi connectivity index (χ3v) is 9.87. The summed E-state index contributed by atoms with van der Waals surface area (Å²) in [5.74, 6) is 2.42. The van der Waals surface area contributed by atoms with Crippen molar-refractivity contribution < 1.29 is 19.2 Å². The molecule has 30 heavy (non-hydrogen) atoms. The molecule has 2 unspecified atom stereocenters. The lowest BCUT2D eigenvalue weighted by molar-refractivity contribution is -0.165. The molecule has 0 radical (unpaired) electrons. The summed E-state index contributed by atoms with van der Waals surface area (Å²) in [6.45, 7) is 4.73. The van der Waals surface area contributed by atoms with Crippen LogP contribution in [0.5, 0.6) is 0 Å². The zero-order valence-electron chi connectivity index (χ0n) is 18.1. The fraction of sp³-hybridized carbons (Fsp3) is 0.720. The minimum atomic E-state index is -0.280. The van der Waals surface area contributed by atoms with E-state index in [0.29, 0.717) is 48.7 Å². The van der Waals surface area contributed by atoms with Crippen molar-refractivity contribution in [3.63, 3.8) is 0 Å². The Morgan fingerprint density at radius 1 is 1.23 bits per heavy atom. The second kappa shape index (κ2) is 5.86. The second-order valence-electron chi connectivity index (χ2n) is 11.0. The van der Waals surface area contributed by atoms with E-state index in [2.05, 4.69) is 31.2 Å². The van der Waals surface area contributed by atoms with Gasteiger partial charge in [0, 0.05) is 41.9 Å². The highest BCUT2D eigenvalue weighted by Gasteiger charge is 2.78. The van der Waals surface area contributed by atoms with E-state index in [1.54, 1.807) is 7.11 Å². The molecule has 5 heteroatoms. The molecule has 0 N–H and O–H groups in total. The number of hydrogen-bond donors (Lipinski definition) is 0. The van der Waals surface area contributed by atoms with Gasteiger partial charge in [-0.3, -0.25) is 9.59 Å². The largest absolute Gasteiger partial charge is 0.458 e. The molecule has 0 aromatic rings. The van der Waals surface area contributed by atoms with Crippen LogP contribution in [0.15, 0.2) is 28.5 Å². The van der Waals surface area contributed by atoms with Gasteiger partial charge in [0.2, 0.25) is 0 Å². The maximum atomic E-state index is 12.3. The molecule has 0 aromatic carbocycles. The van der Waals surface area contributed by atoms with Crippen molar-refractivity contribution in [3.05, 3.63) is 23.3 Å². The summed E-state index contributed by atoms with van der Waals surface area (Å²) < 4.78 is 6.19. The maximum Gasteiger partial charge on any atom is 0.306 e. The Labute approximate surface area is 177 Å². The second-order valence-corrected chi connectivity index (χ2v) is 11.0. The van der Waals surface area contributed by atoms with Gasteiger partial charge < -0.3 is 9.57 Å². The smallest absolute Gasteiger partial charge is 0.306 e. The van der Waals surface area contributed by atoms with Crippen molar-refractivity contribution in [2.45, 2.75) is 64.4 Å². The van der Waals surface area contributed by atoms with Crippen LogP contribution in [0, 0.1) is 40.4 Å². The number of oxime groups is 1. The quantitative estimate of drug-likeness (QED) is 0.296. The van der Waals surface area contributed by atoms with Crippen LogP contribution in [0.25, 0.3) is 0 Å². The number of Topliss-reactive ketones (excluding diaryl/α,β-unsaturated/α-hetero) is 1. The first-order chi connectivity index (χ1) is 14.3. The molecule has 3 saturated carbocycles. The highest BCUT2D eigenvalue weighted by molar-refractivity contribution is 5.84. The molecule has 8 atom stereocenters. The zero-order chi connectivity index (χ0) is 20.9. The predicted molar refractivity (Wildman–Crippen MR) is 111 cm³/mol. The van der Waals surface area contributed by atoms with Crippen LogP contribution in [-0.2, 0) is 19.2 Å². The number of carbonyl (C=O) groups excluding carboxylic acids is 2. The van der Waals surface area contributed by atoms with E-state index in [1.807, 2.05) is 6.21 Å². The third-order valence-electron chi connectivity index (χ3n) is 9.87. The molecule has 1 saturated heterocycles. The predicted octanol–water partition coefficient (Wildman–Crippen LogP) is 4.23. The summed E-state index contributed by atoms with van der Waals surface area (Å²) in [5.41, 5.74) is 2.45. The van der Waals surface area contributed by atoms with E-state index in [1.165, 1.54) is 17.6 Å². The lowest BCUT2D eigenvalue weighted by Gasteiger charge is -2.57. The van der Waals surface area contributed by atoms with E-state index in [0.717, 1.165) is 19.3 Å². The third kappa shape index (κ3) is 2.12. The average Bonchev–Trinajstić information content (AvgIpc) is 3.35. The number of fused-ring (bicyclic) bond motifs is 9. The molecule has 1 aliphatic heterocycles. The monoisotopic (exact) mass is 409 g/mol. The molecule has 5 nitrogen and oxygen atoms in total. The summed E-state index contributed by atoms with van der Waals surface area (Å²) in [6, 6.07) is 0. The van der Waals surface area contributed by atoms with Crippen LogP contribution in [0.3, 0.4) is 0 Å². The van der Waals surface area contributed by atoms with Gasteiger partial charge in [0.25, 0.3) is 0 Å². The van der Waals surface area contributed by atoms with E-state index in [9.17, 15) is 9.59 Å². The van der Waals surface area contributed by atoms with Crippen LogP contribution >= 0.6 is 0 Å². The molecule has 5 aliphatic carbocycles. The summed E-state index contributed by atoms with van der Waals surface area (Å²) in [6.07, 6.45) is 12.5. The molecular formula is C25H31NO4. The fourth-order valence-electron chi connectivity index (χ4n) is 8.47. The molecule has 1 spiro atoms. The maximum absolute atomic E-state index is 12.3. The number of ether oxygens (including phenoxy) is 1. The lowest BCUT2D eigenvalue weighted by atomic mass is 9.48. The van der Waals surface area contributed by atoms with Crippen molar-refractivity contribution in [2.24, 2.45) is 45.6 Å². The van der Waals surface area contributed by atoms with Gasteiger partial charge in [-0.25, -0.2) is 0 Å². The van der Waals surface area contributed by atoms with Gasteiger partial charge in [-0.05, 0) is 43.4 Å². The Hall–Kier alpha value is -1.91. The van der Waals surface area contributed by atoms with Crippen LogP contribution in [0.4, 0.5) is 0 Å². The first kappa shape index (κ1) is 18.8. The lowest BCUT2D eigenvalue weighted by Crippen LogP contribution is -2.54. The van der Waals surface area contributed by atoms with E-state index >= 15 is 0 Å². The molecule has 0 aromatic heterocycles. The molecule has 0 bridgehead atoms. The number of allylic oxidation sites excluding steroid dienone is 4. The van der Waals surface area contributed by atoms with Crippen molar-refractivity contribution >= 4 is 18.0 Å². The zero-order valence-corrected chi connectivity index (χ0v) is 18.1. The number of esters is 1. The van der Waals surface area contributed by atoms with Crippen LogP contribution < -0.4 is 0 Å². The van der Waals surface area contributed by atoms with Gasteiger partial charge in [-0.1, -0.05) is 42.3 Å². The minimum absolute atomic E-state index is 0.0154. The molecule has 4 fully saturated rings. The van der Waals surface area contributed by atoms with Crippen molar-refractivity contribution in [3.8, 4) is 0 Å². The minimum Gasteiger partial charge on any atom is -0.458 e. The van der Waals surface area contributed by atoms with Crippen LogP contribution in [0.2, 0.25) is 0 Å². The van der Waals surface area contributed by atoms with Gasteiger partial charge in [0.05, 0.1) is 6.21 Å². The normalized spacial score (nSPS) is 51.0. The molecule has 160 valence electrons. The SMILES string of the molecule is CON=C[C@H]1C=C2CC(=O)CC[C@]2(C)C2=CC[C@@]3(C)C(C21)[C@@H]1C[C@@H]1[C@@]31CCC(=O)O1. The molecule has 0 amide bonds. The Kier molecular flexibility index (Phi) is 3.68. The number of nitrogens with zero attached hydrogens (tertiary/aromatic N) is 1. The number of rotatable bonds is 2. The average molecular weight is 410 g/mol. The first-order valence-electron chi connectivity index (χ1n) is 11.6. The summed E-state index contributed by atoms with van der Waals surface area (Å²) in [7, 11) is 1.59. The van der Waals surface area contributed by atoms with Crippen LogP contribution in [0.1, 0.15) is 58.8 Å². The summed E-state index contributed by atoms with van der Waals surface area (Å²) in [5, 5.41) is 4.18. The Balaban J connectivity index is 1.49. The van der Waals surface area contributed by atoms with E-state index in [-0.39, 0.29) is 28.3 Å². The van der Waals surface area contributed by atoms with Gasteiger partial charge in [-0.2, -0.15) is 0 Å². The highest BCUT2D eigenvalue weighted by Crippen LogP contribution is 2.78. The van der Waals surface area contributed by atoms with Gasteiger partial charge in [-0.15, -0.1) is 0 Å². The van der Waals surface area contributed by atoms with Crippen LogP contribution in [-0.4, -0.2) is 30.7 Å². The molecule has 1 heterocycles. The van der Waals surface area contributed by atoms with Crippen molar-refractivity contribution in [2.75, 3.05) is 7.11 Å². The summed E-state index contributed by atoms with van der Waals surface area (Å²) >= 11 is 0. The number of carbonyl (C=O) groups is 2. The standard InChI is InChI=1S/C25H31NO4/c1-23-7-4-16(27)11-15(23)10-14(13-26-29-3)21-18(23)5-8-24(2)22(21)17-12-19(17)25(24)9-6-20(28)30-25/h5,10,13-14,17,19,21-22H,4,6-9,11-12H2,1-3H3/t14-,17-,19+,21?,22?,23+,24+,25+/m1/s1. The van der Waals surface area contributed by atoms with E-state index < -0.39 is 0 Å². The summed E-state index contributed by atoms with van der Waals surface area (Å²) in [4.78, 5) is 29.6. The highest BCUT2D eigenvalue weighted by atomic mass is 16.6.